The molecule has 1 heterocycles. The first-order valence-corrected chi connectivity index (χ1v) is 7.24. The molecular formula is C15H26N2O. The van der Waals surface area contributed by atoms with Gasteiger partial charge in [-0.1, -0.05) is 13.8 Å². The Morgan fingerprint density at radius 1 is 1.22 bits per heavy atom. The van der Waals surface area contributed by atoms with Gasteiger partial charge in [0.15, 0.2) is 0 Å². The molecule has 0 aliphatic heterocycles. The second kappa shape index (κ2) is 5.87. The van der Waals surface area contributed by atoms with E-state index in [9.17, 15) is 0 Å². The second-order valence-corrected chi connectivity index (χ2v) is 6.05. The van der Waals surface area contributed by atoms with Crippen molar-refractivity contribution in [3.8, 4) is 0 Å². The molecule has 1 N–H and O–H groups in total. The van der Waals surface area contributed by atoms with E-state index in [0.717, 1.165) is 23.5 Å². The zero-order valence-electron chi connectivity index (χ0n) is 12.1. The highest BCUT2D eigenvalue weighted by Gasteiger charge is 2.25. The van der Waals surface area contributed by atoms with Crippen molar-refractivity contribution in [1.29, 1.82) is 0 Å². The van der Waals surface area contributed by atoms with Crippen molar-refractivity contribution < 1.29 is 4.42 Å². The maximum Gasteiger partial charge on any atom is 0.211 e. The fourth-order valence-electron chi connectivity index (χ4n) is 2.95. The van der Waals surface area contributed by atoms with Gasteiger partial charge in [-0.3, -0.25) is 0 Å². The van der Waals surface area contributed by atoms with Crippen molar-refractivity contribution in [3.63, 3.8) is 0 Å². The molecule has 0 amide bonds. The lowest BCUT2D eigenvalue weighted by atomic mass is 9.79. The lowest BCUT2D eigenvalue weighted by Crippen LogP contribution is -2.35. The van der Waals surface area contributed by atoms with Crippen molar-refractivity contribution in [1.82, 2.24) is 10.3 Å². The van der Waals surface area contributed by atoms with Gasteiger partial charge in [0.2, 0.25) is 5.89 Å². The lowest BCUT2D eigenvalue weighted by Gasteiger charge is -2.32. The van der Waals surface area contributed by atoms with Crippen LogP contribution in [0, 0.1) is 18.8 Å². The molecule has 1 aromatic rings. The molecule has 1 aliphatic carbocycles. The van der Waals surface area contributed by atoms with Crippen LogP contribution in [0.2, 0.25) is 0 Å². The maximum absolute atomic E-state index is 5.57. The summed E-state index contributed by atoms with van der Waals surface area (Å²) < 4.78 is 5.57. The van der Waals surface area contributed by atoms with Gasteiger partial charge >= 0.3 is 0 Å². The molecule has 0 bridgehead atoms. The molecule has 3 nitrogen and oxygen atoms in total. The minimum Gasteiger partial charge on any atom is -0.444 e. The van der Waals surface area contributed by atoms with E-state index in [1.165, 1.54) is 25.7 Å². The van der Waals surface area contributed by atoms with Crippen molar-refractivity contribution in [2.24, 2.45) is 11.8 Å². The summed E-state index contributed by atoms with van der Waals surface area (Å²) >= 11 is 0. The fourth-order valence-corrected chi connectivity index (χ4v) is 2.95. The maximum atomic E-state index is 5.57. The zero-order chi connectivity index (χ0) is 13.1. The predicted octanol–water partition coefficient (Wildman–Crippen LogP) is 3.85. The first-order chi connectivity index (χ1) is 8.56. The van der Waals surface area contributed by atoms with Gasteiger partial charge < -0.3 is 9.73 Å². The van der Waals surface area contributed by atoms with Crippen LogP contribution in [0.1, 0.15) is 64.1 Å². The van der Waals surface area contributed by atoms with Crippen LogP contribution in [0.5, 0.6) is 0 Å². The van der Waals surface area contributed by atoms with Crippen molar-refractivity contribution >= 4 is 0 Å². The summed E-state index contributed by atoms with van der Waals surface area (Å²) in [6.07, 6.45) is 7.07. The van der Waals surface area contributed by atoms with E-state index in [4.69, 9.17) is 4.42 Å². The Kier molecular flexibility index (Phi) is 4.44. The van der Waals surface area contributed by atoms with Crippen LogP contribution in [-0.4, -0.2) is 11.0 Å². The average Bonchev–Trinajstić information content (AvgIpc) is 2.76. The van der Waals surface area contributed by atoms with Gasteiger partial charge in [-0.25, -0.2) is 4.98 Å². The summed E-state index contributed by atoms with van der Waals surface area (Å²) in [7, 11) is 0. The van der Waals surface area contributed by atoms with E-state index in [1.807, 2.05) is 6.92 Å². The Morgan fingerprint density at radius 2 is 1.89 bits per heavy atom. The first kappa shape index (κ1) is 13.6. The van der Waals surface area contributed by atoms with Gasteiger partial charge in [-0.2, -0.15) is 0 Å². The number of nitrogens with zero attached hydrogens (tertiary/aromatic N) is 1. The highest BCUT2D eigenvalue weighted by atomic mass is 16.4. The molecule has 18 heavy (non-hydrogen) atoms. The minimum absolute atomic E-state index is 0.222. The van der Waals surface area contributed by atoms with Gasteiger partial charge in [-0.15, -0.1) is 0 Å². The predicted molar refractivity (Wildman–Crippen MR) is 73.4 cm³/mol. The Balaban J connectivity index is 1.81. The molecular weight excluding hydrogens is 224 g/mol. The van der Waals surface area contributed by atoms with E-state index in [1.54, 1.807) is 6.20 Å². The Morgan fingerprint density at radius 3 is 2.39 bits per heavy atom. The fraction of sp³-hybridized carbons (Fsp3) is 0.800. The Labute approximate surface area is 110 Å². The Bertz CT molecular complexity index is 364. The van der Waals surface area contributed by atoms with Crippen molar-refractivity contribution in [3.05, 3.63) is 17.8 Å². The molecule has 1 atom stereocenters. The molecule has 2 rings (SSSR count). The van der Waals surface area contributed by atoms with Crippen LogP contribution in [0.15, 0.2) is 10.6 Å². The van der Waals surface area contributed by atoms with Gasteiger partial charge in [0.25, 0.3) is 0 Å². The molecule has 1 unspecified atom stereocenters. The number of rotatable bonds is 4. The third kappa shape index (κ3) is 3.35. The average molecular weight is 250 g/mol. The van der Waals surface area contributed by atoms with Gasteiger partial charge in [-0.05, 0) is 51.4 Å². The van der Waals surface area contributed by atoms with Crippen LogP contribution < -0.4 is 5.32 Å². The molecule has 0 spiro atoms. The van der Waals surface area contributed by atoms with Crippen LogP contribution in [-0.2, 0) is 0 Å². The van der Waals surface area contributed by atoms with Crippen molar-refractivity contribution in [2.45, 2.75) is 65.5 Å². The highest BCUT2D eigenvalue weighted by Crippen LogP contribution is 2.30. The summed E-state index contributed by atoms with van der Waals surface area (Å²) in [5, 5.41) is 3.65. The molecule has 102 valence electrons. The SMILES string of the molecule is Cc1cnc(C(C)NC2CCC(C(C)C)CC2)o1. The third-order valence-corrected chi connectivity index (χ3v) is 4.21. The first-order valence-electron chi connectivity index (χ1n) is 7.24. The molecule has 3 heteroatoms. The number of hydrogen-bond donors (Lipinski definition) is 1. The van der Waals surface area contributed by atoms with E-state index in [0.29, 0.717) is 6.04 Å². The molecule has 0 aromatic carbocycles. The topological polar surface area (TPSA) is 38.1 Å². The minimum atomic E-state index is 0.222. The van der Waals surface area contributed by atoms with Gasteiger partial charge in [0.05, 0.1) is 12.2 Å². The summed E-state index contributed by atoms with van der Waals surface area (Å²) in [6, 6.07) is 0.849. The number of aromatic nitrogens is 1. The number of nitrogens with one attached hydrogen (secondary N) is 1. The smallest absolute Gasteiger partial charge is 0.211 e. The van der Waals surface area contributed by atoms with E-state index in [2.05, 4.69) is 31.1 Å². The van der Waals surface area contributed by atoms with Crippen LogP contribution >= 0.6 is 0 Å². The van der Waals surface area contributed by atoms with Gasteiger partial charge in [0, 0.05) is 6.04 Å². The number of oxazole rings is 1. The normalized spacial score (nSPS) is 26.5. The number of hydrogen-bond acceptors (Lipinski definition) is 3. The highest BCUT2D eigenvalue weighted by molar-refractivity contribution is 4.96. The van der Waals surface area contributed by atoms with Gasteiger partial charge in [0.1, 0.15) is 5.76 Å². The van der Waals surface area contributed by atoms with Crippen molar-refractivity contribution in [2.75, 3.05) is 0 Å². The van der Waals surface area contributed by atoms with Crippen LogP contribution in [0.25, 0.3) is 0 Å². The summed E-state index contributed by atoms with van der Waals surface area (Å²) in [6.45, 7) is 8.77. The van der Waals surface area contributed by atoms with Crippen LogP contribution in [0.3, 0.4) is 0 Å². The Hall–Kier alpha value is -0.830. The molecule has 1 fully saturated rings. The van der Waals surface area contributed by atoms with Crippen LogP contribution in [0.4, 0.5) is 0 Å². The number of aryl methyl sites for hydroxylation is 1. The third-order valence-electron chi connectivity index (χ3n) is 4.21. The van der Waals surface area contributed by atoms with E-state index < -0.39 is 0 Å². The van der Waals surface area contributed by atoms with E-state index in [-0.39, 0.29) is 6.04 Å². The summed E-state index contributed by atoms with van der Waals surface area (Å²) in [4.78, 5) is 4.30. The molecule has 1 aliphatic rings. The standard InChI is InChI=1S/C15H26N2O/c1-10(2)13-5-7-14(8-6-13)17-12(4)15-16-9-11(3)18-15/h9-10,12-14,17H,5-8H2,1-4H3. The monoisotopic (exact) mass is 250 g/mol. The molecule has 0 radical (unpaired) electrons. The summed E-state index contributed by atoms with van der Waals surface area (Å²) in [5.41, 5.74) is 0. The van der Waals surface area contributed by atoms with E-state index >= 15 is 0 Å². The largest absolute Gasteiger partial charge is 0.444 e. The molecule has 0 saturated heterocycles. The molecule has 1 aromatic heterocycles. The second-order valence-electron chi connectivity index (χ2n) is 6.05. The summed E-state index contributed by atoms with van der Waals surface area (Å²) in [5.74, 6) is 3.46. The zero-order valence-corrected chi connectivity index (χ0v) is 12.1. The lowest BCUT2D eigenvalue weighted by molar-refractivity contribution is 0.224. The quantitative estimate of drug-likeness (QED) is 0.882. The molecule has 1 saturated carbocycles.